The SMILES string of the molecule is CC(C)[C@@H](NS(=O)(=O)c1ccccc1F)c1nnc2ccccn12. The van der Waals surface area contributed by atoms with Crippen molar-refractivity contribution in [1.82, 2.24) is 19.3 Å². The maximum atomic E-state index is 13.9. The molecule has 3 aromatic rings. The summed E-state index contributed by atoms with van der Waals surface area (Å²) in [6, 6.07) is 10.0. The normalized spacial score (nSPS) is 13.5. The molecular weight excluding hydrogens is 331 g/mol. The topological polar surface area (TPSA) is 76.4 Å². The first-order valence-electron chi connectivity index (χ1n) is 7.46. The van der Waals surface area contributed by atoms with Crippen molar-refractivity contribution in [2.24, 2.45) is 5.92 Å². The molecule has 0 radical (unpaired) electrons. The maximum Gasteiger partial charge on any atom is 0.244 e. The minimum atomic E-state index is -4.04. The summed E-state index contributed by atoms with van der Waals surface area (Å²) in [5.41, 5.74) is 0.614. The molecule has 8 heteroatoms. The molecule has 2 heterocycles. The number of benzene rings is 1. The zero-order valence-electron chi connectivity index (χ0n) is 13.2. The van der Waals surface area contributed by atoms with E-state index in [2.05, 4.69) is 14.9 Å². The summed E-state index contributed by atoms with van der Waals surface area (Å²) >= 11 is 0. The third-order valence-corrected chi connectivity index (χ3v) is 5.17. The number of nitrogens with zero attached hydrogens (tertiary/aromatic N) is 3. The molecule has 0 fully saturated rings. The summed E-state index contributed by atoms with van der Waals surface area (Å²) in [4.78, 5) is -0.385. The molecular formula is C16H17FN4O2S. The van der Waals surface area contributed by atoms with Crippen LogP contribution in [0.4, 0.5) is 4.39 Å². The molecule has 0 spiro atoms. The largest absolute Gasteiger partial charge is 0.285 e. The standard InChI is InChI=1S/C16H17FN4O2S/c1-11(2)15(16-19-18-14-9-5-6-10-21(14)16)20-24(22,23)13-8-4-3-7-12(13)17/h3-11,15,20H,1-2H3/t15-/m1/s1. The second kappa shape index (κ2) is 6.29. The summed E-state index contributed by atoms with van der Waals surface area (Å²) < 4.78 is 43.3. The minimum absolute atomic E-state index is 0.112. The Morgan fingerprint density at radius 1 is 1.08 bits per heavy atom. The van der Waals surface area contributed by atoms with E-state index < -0.39 is 21.9 Å². The van der Waals surface area contributed by atoms with Gasteiger partial charge >= 0.3 is 0 Å². The van der Waals surface area contributed by atoms with E-state index in [0.717, 1.165) is 6.07 Å². The van der Waals surface area contributed by atoms with Gasteiger partial charge in [-0.25, -0.2) is 17.5 Å². The summed E-state index contributed by atoms with van der Waals surface area (Å²) in [5.74, 6) is -0.446. The van der Waals surface area contributed by atoms with Crippen LogP contribution in [0.5, 0.6) is 0 Å². The lowest BCUT2D eigenvalue weighted by atomic mass is 10.1. The minimum Gasteiger partial charge on any atom is -0.285 e. The number of hydrogen-bond donors (Lipinski definition) is 1. The molecule has 0 saturated heterocycles. The van der Waals surface area contributed by atoms with Gasteiger partial charge in [-0.05, 0) is 30.2 Å². The molecule has 6 nitrogen and oxygen atoms in total. The summed E-state index contributed by atoms with van der Waals surface area (Å²) in [7, 11) is -4.04. The Balaban J connectivity index is 2.03. The lowest BCUT2D eigenvalue weighted by Crippen LogP contribution is -2.33. The third kappa shape index (κ3) is 3.02. The number of aromatic nitrogens is 3. The zero-order valence-corrected chi connectivity index (χ0v) is 14.0. The van der Waals surface area contributed by atoms with Gasteiger partial charge in [0, 0.05) is 6.20 Å². The van der Waals surface area contributed by atoms with E-state index in [1.54, 1.807) is 16.7 Å². The van der Waals surface area contributed by atoms with E-state index in [9.17, 15) is 12.8 Å². The summed E-state index contributed by atoms with van der Waals surface area (Å²) in [6.07, 6.45) is 1.76. The highest BCUT2D eigenvalue weighted by molar-refractivity contribution is 7.89. The van der Waals surface area contributed by atoms with E-state index in [1.165, 1.54) is 18.2 Å². The highest BCUT2D eigenvalue weighted by atomic mass is 32.2. The van der Waals surface area contributed by atoms with Crippen molar-refractivity contribution >= 4 is 15.7 Å². The van der Waals surface area contributed by atoms with Crippen molar-refractivity contribution in [3.05, 3.63) is 60.3 Å². The van der Waals surface area contributed by atoms with Gasteiger partial charge in [0.05, 0.1) is 6.04 Å². The fourth-order valence-corrected chi connectivity index (χ4v) is 3.87. The Morgan fingerprint density at radius 2 is 1.79 bits per heavy atom. The van der Waals surface area contributed by atoms with Crippen LogP contribution in [-0.4, -0.2) is 23.0 Å². The van der Waals surface area contributed by atoms with Gasteiger partial charge in [0.15, 0.2) is 11.5 Å². The van der Waals surface area contributed by atoms with Crippen LogP contribution in [-0.2, 0) is 10.0 Å². The molecule has 3 rings (SSSR count). The number of rotatable bonds is 5. The number of hydrogen-bond acceptors (Lipinski definition) is 4. The molecule has 0 aliphatic heterocycles. The van der Waals surface area contributed by atoms with Gasteiger partial charge in [-0.15, -0.1) is 10.2 Å². The molecule has 0 unspecified atom stereocenters. The first-order chi connectivity index (χ1) is 11.4. The van der Waals surface area contributed by atoms with E-state index in [1.807, 2.05) is 26.0 Å². The fraction of sp³-hybridized carbons (Fsp3) is 0.250. The van der Waals surface area contributed by atoms with Crippen LogP contribution < -0.4 is 4.72 Å². The summed E-state index contributed by atoms with van der Waals surface area (Å²) in [5, 5.41) is 8.16. The molecule has 0 saturated carbocycles. The number of fused-ring (bicyclic) bond motifs is 1. The second-order valence-corrected chi connectivity index (χ2v) is 7.44. The van der Waals surface area contributed by atoms with Gasteiger partial charge in [0.2, 0.25) is 10.0 Å². The van der Waals surface area contributed by atoms with Gasteiger partial charge in [-0.1, -0.05) is 32.0 Å². The highest BCUT2D eigenvalue weighted by Gasteiger charge is 2.29. The molecule has 1 aromatic carbocycles. The zero-order chi connectivity index (χ0) is 17.3. The van der Waals surface area contributed by atoms with Crippen molar-refractivity contribution < 1.29 is 12.8 Å². The van der Waals surface area contributed by atoms with Gasteiger partial charge in [0.1, 0.15) is 10.7 Å². The van der Waals surface area contributed by atoms with Crippen LogP contribution >= 0.6 is 0 Å². The molecule has 0 bridgehead atoms. The van der Waals surface area contributed by atoms with Crippen molar-refractivity contribution in [1.29, 1.82) is 0 Å². The Bertz CT molecular complexity index is 969. The molecule has 0 aliphatic carbocycles. The molecule has 0 amide bonds. The lowest BCUT2D eigenvalue weighted by molar-refractivity contribution is 0.439. The first-order valence-corrected chi connectivity index (χ1v) is 8.95. The number of nitrogens with one attached hydrogen (secondary N) is 1. The Morgan fingerprint density at radius 3 is 2.50 bits per heavy atom. The maximum absolute atomic E-state index is 13.9. The predicted molar refractivity (Wildman–Crippen MR) is 87.3 cm³/mol. The fourth-order valence-electron chi connectivity index (χ4n) is 2.45. The van der Waals surface area contributed by atoms with Crippen molar-refractivity contribution in [3.8, 4) is 0 Å². The van der Waals surface area contributed by atoms with E-state index in [4.69, 9.17) is 0 Å². The number of pyridine rings is 1. The van der Waals surface area contributed by atoms with Gasteiger partial charge in [-0.2, -0.15) is 0 Å². The molecule has 1 N–H and O–H groups in total. The monoisotopic (exact) mass is 348 g/mol. The van der Waals surface area contributed by atoms with Crippen molar-refractivity contribution in [2.75, 3.05) is 0 Å². The van der Waals surface area contributed by atoms with E-state index in [-0.39, 0.29) is 10.8 Å². The Labute approximate surface area is 139 Å². The molecule has 126 valence electrons. The lowest BCUT2D eigenvalue weighted by Gasteiger charge is -2.21. The first kappa shape index (κ1) is 16.5. The van der Waals surface area contributed by atoms with Crippen LogP contribution in [0.3, 0.4) is 0 Å². The number of sulfonamides is 1. The number of halogens is 1. The van der Waals surface area contributed by atoms with Crippen molar-refractivity contribution in [3.63, 3.8) is 0 Å². The molecule has 2 aromatic heterocycles. The van der Waals surface area contributed by atoms with Crippen LogP contribution in [0, 0.1) is 11.7 Å². The Hall–Kier alpha value is -2.32. The van der Waals surface area contributed by atoms with Crippen molar-refractivity contribution in [2.45, 2.75) is 24.8 Å². The van der Waals surface area contributed by atoms with Crippen LogP contribution in [0.15, 0.2) is 53.6 Å². The smallest absolute Gasteiger partial charge is 0.244 e. The van der Waals surface area contributed by atoms with Crippen LogP contribution in [0.1, 0.15) is 25.7 Å². The van der Waals surface area contributed by atoms with Gasteiger partial charge < -0.3 is 0 Å². The molecule has 0 aliphatic rings. The van der Waals surface area contributed by atoms with Crippen LogP contribution in [0.2, 0.25) is 0 Å². The Kier molecular flexibility index (Phi) is 4.33. The van der Waals surface area contributed by atoms with E-state index >= 15 is 0 Å². The highest BCUT2D eigenvalue weighted by Crippen LogP contribution is 2.24. The predicted octanol–water partition coefficient (Wildman–Crippen LogP) is 2.54. The van der Waals surface area contributed by atoms with Crippen LogP contribution in [0.25, 0.3) is 5.65 Å². The van der Waals surface area contributed by atoms with E-state index in [0.29, 0.717) is 11.5 Å². The van der Waals surface area contributed by atoms with Gasteiger partial charge in [0.25, 0.3) is 0 Å². The molecule has 1 atom stereocenters. The average molecular weight is 348 g/mol. The molecule has 24 heavy (non-hydrogen) atoms. The quantitative estimate of drug-likeness (QED) is 0.769. The summed E-state index contributed by atoms with van der Waals surface area (Å²) in [6.45, 7) is 3.72. The third-order valence-electron chi connectivity index (χ3n) is 3.69. The second-order valence-electron chi connectivity index (χ2n) is 5.76. The average Bonchev–Trinajstić information content (AvgIpc) is 2.96. The van der Waals surface area contributed by atoms with Gasteiger partial charge in [-0.3, -0.25) is 4.40 Å².